The van der Waals surface area contributed by atoms with Crippen molar-refractivity contribution in [2.45, 2.75) is 93.6 Å². The Bertz CT molecular complexity index is 858. The Labute approximate surface area is 231 Å². The maximum atomic E-state index is 14.5. The van der Waals surface area contributed by atoms with E-state index in [4.69, 9.17) is 8.23 Å². The van der Waals surface area contributed by atoms with Crippen molar-refractivity contribution in [1.29, 1.82) is 0 Å². The molecule has 0 aliphatic rings. The lowest BCUT2D eigenvalue weighted by molar-refractivity contribution is -0.553. The average Bonchev–Trinajstić information content (AvgIpc) is 2.68. The first-order valence-corrected chi connectivity index (χ1v) is 18.2. The molecular formula is C17H23F17O5Si3. The van der Waals surface area contributed by atoms with E-state index in [2.05, 4.69) is 9.47 Å². The van der Waals surface area contributed by atoms with E-state index in [1.165, 1.54) is 11.3 Å². The molecule has 42 heavy (non-hydrogen) atoms. The van der Waals surface area contributed by atoms with Crippen molar-refractivity contribution in [2.24, 2.45) is 0 Å². The quantitative estimate of drug-likeness (QED) is 0.0926. The Hall–Kier alpha value is -0.739. The Balaban J connectivity index is 6.10. The minimum Gasteiger partial charge on any atom is -0.436 e. The maximum absolute atomic E-state index is 14.5. The molecule has 0 aliphatic heterocycles. The fourth-order valence-electron chi connectivity index (χ4n) is 2.81. The highest BCUT2D eigenvalue weighted by atomic mass is 28.5. The number of rotatable bonds is 16. The zero-order valence-corrected chi connectivity index (χ0v) is 24.8. The lowest BCUT2D eigenvalue weighted by Gasteiger charge is -2.40. The summed E-state index contributed by atoms with van der Waals surface area (Å²) in [6.45, 7) is 4.52. The van der Waals surface area contributed by atoms with Gasteiger partial charge >= 0.3 is 56.9 Å². The minimum absolute atomic E-state index is 0.0565. The molecule has 0 aliphatic carbocycles. The maximum Gasteiger partial charge on any atom is 0.462 e. The summed E-state index contributed by atoms with van der Waals surface area (Å²) in [5.74, 6) is -21.9. The van der Waals surface area contributed by atoms with Crippen molar-refractivity contribution < 1.29 is 97.1 Å². The fourth-order valence-corrected chi connectivity index (χ4v) is 11.9. The van der Waals surface area contributed by atoms with E-state index in [1.807, 2.05) is 0 Å². The van der Waals surface area contributed by atoms with Crippen molar-refractivity contribution in [2.75, 3.05) is 13.2 Å². The van der Waals surface area contributed by atoms with Crippen molar-refractivity contribution in [3.63, 3.8) is 0 Å². The summed E-state index contributed by atoms with van der Waals surface area (Å²) in [7, 11) is -5.80. The van der Waals surface area contributed by atoms with Gasteiger partial charge in [-0.15, -0.1) is 0 Å². The molecule has 0 aromatic carbocycles. The molecule has 2 radical (unpaired) electrons. The number of ether oxygens (including phenoxy) is 3. The average molecular weight is 715 g/mol. The largest absolute Gasteiger partial charge is 0.462 e. The molecule has 2 atom stereocenters. The Morgan fingerprint density at radius 1 is 0.571 bits per heavy atom. The summed E-state index contributed by atoms with van der Waals surface area (Å²) < 4.78 is 243. The molecule has 0 amide bonds. The number of halogens is 17. The summed E-state index contributed by atoms with van der Waals surface area (Å²) in [4.78, 5) is 0. The first-order chi connectivity index (χ1) is 18.2. The van der Waals surface area contributed by atoms with Gasteiger partial charge in [-0.05, 0) is 45.2 Å². The summed E-state index contributed by atoms with van der Waals surface area (Å²) >= 11 is 0. The van der Waals surface area contributed by atoms with Gasteiger partial charge in [0, 0.05) is 6.61 Å². The van der Waals surface area contributed by atoms with Crippen LogP contribution < -0.4 is 0 Å². The van der Waals surface area contributed by atoms with Crippen LogP contribution in [0.2, 0.25) is 38.8 Å². The second-order valence-electron chi connectivity index (χ2n) is 8.94. The highest BCUT2D eigenvalue weighted by Crippen LogP contribution is 2.56. The van der Waals surface area contributed by atoms with E-state index in [9.17, 15) is 74.6 Å². The second kappa shape index (κ2) is 13.3. The van der Waals surface area contributed by atoms with E-state index < -0.39 is 88.2 Å². The lowest BCUT2D eigenvalue weighted by Crippen LogP contribution is -2.67. The van der Waals surface area contributed by atoms with Crippen molar-refractivity contribution in [3.05, 3.63) is 0 Å². The molecule has 25 heteroatoms. The van der Waals surface area contributed by atoms with Crippen LogP contribution in [0, 0.1) is 0 Å². The van der Waals surface area contributed by atoms with Crippen molar-refractivity contribution in [1.82, 2.24) is 0 Å². The Morgan fingerprint density at radius 2 is 1.00 bits per heavy atom. The van der Waals surface area contributed by atoms with Gasteiger partial charge in [0.2, 0.25) is 0 Å². The van der Waals surface area contributed by atoms with E-state index in [-0.39, 0.29) is 12.5 Å². The molecule has 0 heterocycles. The molecule has 5 nitrogen and oxygen atoms in total. The molecule has 0 saturated heterocycles. The normalized spacial score (nSPS) is 18.0. The molecule has 0 rings (SSSR count). The van der Waals surface area contributed by atoms with Crippen LogP contribution in [0.1, 0.15) is 6.42 Å². The van der Waals surface area contributed by atoms with E-state index in [0.717, 1.165) is 0 Å². The van der Waals surface area contributed by atoms with Gasteiger partial charge in [0.25, 0.3) is 0 Å². The number of alkyl halides is 17. The molecule has 0 saturated carbocycles. The van der Waals surface area contributed by atoms with Crippen LogP contribution in [0.4, 0.5) is 74.6 Å². The van der Waals surface area contributed by atoms with Gasteiger partial charge in [-0.3, -0.25) is 9.47 Å². The van der Waals surface area contributed by atoms with Gasteiger partial charge < -0.3 is 13.0 Å². The molecule has 0 N–H and O–H groups in total. The van der Waals surface area contributed by atoms with Gasteiger partial charge in [0.15, 0.2) is 18.1 Å². The fraction of sp³-hybridized carbons (Fsp3) is 1.00. The van der Waals surface area contributed by atoms with Crippen LogP contribution in [0.25, 0.3) is 0 Å². The van der Waals surface area contributed by atoms with E-state index in [1.54, 1.807) is 26.2 Å². The molecule has 0 aromatic rings. The Morgan fingerprint density at radius 3 is 1.33 bits per heavy atom. The molecule has 0 spiro atoms. The third-order valence-electron chi connectivity index (χ3n) is 4.49. The van der Waals surface area contributed by atoms with Gasteiger partial charge in [-0.25, -0.2) is 0 Å². The van der Waals surface area contributed by atoms with Crippen LogP contribution in [0.15, 0.2) is 0 Å². The SMILES string of the molecule is C[Si](C)O[Si](C)(CCCOCC(F)(OC(F)(F)C(F)(OC(F)(F)C(F)(F)C(F)(F)F)C(F)(F)F)C(F)(F)F)O[Si](C)C. The molecule has 0 fully saturated rings. The van der Waals surface area contributed by atoms with Crippen molar-refractivity contribution >= 4 is 26.6 Å². The minimum atomic E-state index is -7.91. The van der Waals surface area contributed by atoms with E-state index >= 15 is 0 Å². The van der Waals surface area contributed by atoms with Crippen LogP contribution in [-0.4, -0.2) is 88.2 Å². The Kier molecular flexibility index (Phi) is 13.1. The second-order valence-corrected chi connectivity index (χ2v) is 17.0. The van der Waals surface area contributed by atoms with Crippen LogP contribution >= 0.6 is 0 Å². The molecule has 2 unspecified atom stereocenters. The molecule has 252 valence electrons. The number of hydrogen-bond donors (Lipinski definition) is 0. The summed E-state index contributed by atoms with van der Waals surface area (Å²) in [5, 5.41) is 0. The lowest BCUT2D eigenvalue weighted by atomic mass is 10.2. The van der Waals surface area contributed by atoms with Crippen LogP contribution in [0.5, 0.6) is 0 Å². The number of hydrogen-bond acceptors (Lipinski definition) is 5. The van der Waals surface area contributed by atoms with Gasteiger partial charge in [-0.1, -0.05) is 0 Å². The van der Waals surface area contributed by atoms with Gasteiger partial charge in [-0.2, -0.15) is 74.6 Å². The third-order valence-corrected chi connectivity index (χ3v) is 12.5. The first-order valence-electron chi connectivity index (χ1n) is 10.9. The molecular weight excluding hydrogens is 691 g/mol. The standard InChI is InChI=1S/C17H23F17O5Si3/c1-40(2)38-42(5,39-41(3)4)8-6-7-35-9-10(18,13(22,23)24)36-17(33,34)12(21,15(28,29)30)37-16(31,32)11(19,20)14(25,26)27/h6-9H2,1-5H3. The summed E-state index contributed by atoms with van der Waals surface area (Å²) in [5.41, 5.74) is 0. The predicted molar refractivity (Wildman–Crippen MR) is 112 cm³/mol. The highest BCUT2D eigenvalue weighted by molar-refractivity contribution is 6.79. The molecule has 0 aromatic heterocycles. The van der Waals surface area contributed by atoms with Crippen LogP contribution in [-0.2, 0) is 22.4 Å². The van der Waals surface area contributed by atoms with Crippen LogP contribution in [0.3, 0.4) is 0 Å². The first kappa shape index (κ1) is 41.3. The summed E-state index contributed by atoms with van der Waals surface area (Å²) in [6.07, 6.45) is -38.1. The van der Waals surface area contributed by atoms with E-state index in [0.29, 0.717) is 0 Å². The van der Waals surface area contributed by atoms with Crippen molar-refractivity contribution in [3.8, 4) is 0 Å². The monoisotopic (exact) mass is 714 g/mol. The zero-order chi connectivity index (χ0) is 34.0. The smallest absolute Gasteiger partial charge is 0.436 e. The highest BCUT2D eigenvalue weighted by Gasteiger charge is 2.85. The third kappa shape index (κ3) is 9.88. The predicted octanol–water partition coefficient (Wildman–Crippen LogP) is 7.87. The zero-order valence-electron chi connectivity index (χ0n) is 21.8. The van der Waals surface area contributed by atoms with Gasteiger partial charge in [0.1, 0.15) is 6.61 Å². The molecule has 0 bridgehead atoms. The summed E-state index contributed by atoms with van der Waals surface area (Å²) in [6, 6.07) is -0.0565. The van der Waals surface area contributed by atoms with Gasteiger partial charge in [0.05, 0.1) is 0 Å². The topological polar surface area (TPSA) is 46.2 Å².